The Kier molecular flexibility index (Phi) is 7.51. The molecule has 0 N–H and O–H groups in total. The first-order valence-electron chi connectivity index (χ1n) is 16.1. The van der Waals surface area contributed by atoms with E-state index in [1.807, 2.05) is 28.8 Å². The molecule has 8 heteroatoms. The van der Waals surface area contributed by atoms with Gasteiger partial charge in [-0.25, -0.2) is 4.98 Å². The summed E-state index contributed by atoms with van der Waals surface area (Å²) in [7, 11) is 1.34. The van der Waals surface area contributed by atoms with Crippen molar-refractivity contribution in [1.82, 2.24) is 19.0 Å². The van der Waals surface area contributed by atoms with E-state index >= 15 is 0 Å². The van der Waals surface area contributed by atoms with E-state index in [9.17, 15) is 14.4 Å². The molecule has 4 bridgehead atoms. The molecule has 2 saturated heterocycles. The highest BCUT2D eigenvalue weighted by atomic mass is 16.5. The van der Waals surface area contributed by atoms with Crippen molar-refractivity contribution >= 4 is 17.0 Å². The number of aryl methyl sites for hydroxylation is 1. The number of ether oxygens (including phenoxy) is 1. The van der Waals surface area contributed by atoms with Crippen LogP contribution in [-0.4, -0.2) is 50.2 Å². The number of aromatic nitrogens is 3. The molecule has 0 radical (unpaired) electrons. The number of esters is 1. The zero-order chi connectivity index (χ0) is 28.8. The normalized spacial score (nSPS) is 29.4. The van der Waals surface area contributed by atoms with Gasteiger partial charge in [-0.3, -0.25) is 19.3 Å². The van der Waals surface area contributed by atoms with Gasteiger partial charge < -0.3 is 13.9 Å². The van der Waals surface area contributed by atoms with Gasteiger partial charge in [0.2, 0.25) is 0 Å². The van der Waals surface area contributed by atoms with Crippen LogP contribution in [0.3, 0.4) is 0 Å². The summed E-state index contributed by atoms with van der Waals surface area (Å²) in [5.41, 5.74) is 1.53. The van der Waals surface area contributed by atoms with Gasteiger partial charge in [0.1, 0.15) is 5.69 Å². The summed E-state index contributed by atoms with van der Waals surface area (Å²) < 4.78 is 8.19. The Morgan fingerprint density at radius 2 is 1.55 bits per heavy atom. The molecule has 8 nitrogen and oxygen atoms in total. The molecule has 2 aromatic heterocycles. The van der Waals surface area contributed by atoms with Crippen molar-refractivity contribution in [2.24, 2.45) is 11.8 Å². The Hall–Kier alpha value is -3.26. The van der Waals surface area contributed by atoms with E-state index in [0.29, 0.717) is 18.1 Å². The van der Waals surface area contributed by atoms with Gasteiger partial charge >= 0.3 is 5.97 Å². The zero-order valence-corrected chi connectivity index (χ0v) is 24.6. The molecule has 4 heterocycles. The number of para-hydroxylation sites is 2. The SMILES string of the molecule is COC(=O)CCn1cccc(-c2nc3ccccc3n(C3C[C@H]4CCC[C@@H](C3)N4C3C[C@H]4CCC[C@@H](C3)C4)c2=O)c1=O. The number of rotatable bonds is 6. The van der Waals surface area contributed by atoms with Gasteiger partial charge in [-0.15, -0.1) is 0 Å². The minimum Gasteiger partial charge on any atom is -0.469 e. The van der Waals surface area contributed by atoms with Crippen molar-refractivity contribution in [3.05, 3.63) is 63.3 Å². The Balaban J connectivity index is 1.24. The average Bonchev–Trinajstić information content (AvgIpc) is 2.99. The lowest BCUT2D eigenvalue weighted by atomic mass is 9.68. The fraction of sp³-hybridized carbons (Fsp3) is 0.588. The van der Waals surface area contributed by atoms with E-state index in [-0.39, 0.29) is 47.4 Å². The lowest BCUT2D eigenvalue weighted by Crippen LogP contribution is -2.58. The van der Waals surface area contributed by atoms with Crippen LogP contribution >= 0.6 is 0 Å². The van der Waals surface area contributed by atoms with Gasteiger partial charge in [0.25, 0.3) is 11.1 Å². The number of fused-ring (bicyclic) bond motifs is 5. The number of nitrogens with zero attached hydrogens (tertiary/aromatic N) is 4. The summed E-state index contributed by atoms with van der Waals surface area (Å²) in [5.74, 6) is 1.42. The van der Waals surface area contributed by atoms with Crippen LogP contribution in [0.4, 0.5) is 0 Å². The highest BCUT2D eigenvalue weighted by Gasteiger charge is 2.45. The summed E-state index contributed by atoms with van der Waals surface area (Å²) >= 11 is 0. The van der Waals surface area contributed by atoms with E-state index in [4.69, 9.17) is 9.72 Å². The van der Waals surface area contributed by atoms with E-state index in [0.717, 1.165) is 35.7 Å². The topological polar surface area (TPSA) is 86.4 Å². The summed E-state index contributed by atoms with van der Waals surface area (Å²) in [4.78, 5) is 47.3. The van der Waals surface area contributed by atoms with Crippen LogP contribution in [0, 0.1) is 11.8 Å². The van der Waals surface area contributed by atoms with Crippen molar-refractivity contribution in [3.63, 3.8) is 0 Å². The van der Waals surface area contributed by atoms with Crippen LogP contribution in [0.5, 0.6) is 0 Å². The molecule has 2 aliphatic heterocycles. The molecule has 0 spiro atoms. The fourth-order valence-electron chi connectivity index (χ4n) is 9.03. The molecule has 2 saturated carbocycles. The quantitative estimate of drug-likeness (QED) is 0.373. The summed E-state index contributed by atoms with van der Waals surface area (Å²) in [6.07, 6.45) is 15.7. The fourth-order valence-corrected chi connectivity index (χ4v) is 9.03. The molecule has 4 aliphatic rings. The first-order valence-corrected chi connectivity index (χ1v) is 16.1. The molecule has 42 heavy (non-hydrogen) atoms. The van der Waals surface area contributed by atoms with E-state index in [1.165, 1.54) is 69.5 Å². The van der Waals surface area contributed by atoms with Crippen molar-refractivity contribution in [2.75, 3.05) is 7.11 Å². The minimum atomic E-state index is -0.383. The third-order valence-electron chi connectivity index (χ3n) is 10.7. The molecule has 2 aliphatic carbocycles. The van der Waals surface area contributed by atoms with Gasteiger partial charge in [0, 0.05) is 36.9 Å². The average molecular weight is 571 g/mol. The monoisotopic (exact) mass is 570 g/mol. The van der Waals surface area contributed by atoms with Crippen molar-refractivity contribution in [2.45, 2.75) is 108 Å². The maximum atomic E-state index is 14.4. The van der Waals surface area contributed by atoms with Crippen molar-refractivity contribution < 1.29 is 9.53 Å². The van der Waals surface area contributed by atoms with Crippen LogP contribution in [0.15, 0.2) is 52.2 Å². The van der Waals surface area contributed by atoms with E-state index < -0.39 is 0 Å². The molecule has 7 rings (SSSR count). The van der Waals surface area contributed by atoms with Gasteiger partial charge in [0.15, 0.2) is 0 Å². The zero-order valence-electron chi connectivity index (χ0n) is 24.6. The molecule has 6 atom stereocenters. The van der Waals surface area contributed by atoms with E-state index in [1.54, 1.807) is 18.3 Å². The number of hydrogen-bond donors (Lipinski definition) is 0. The Morgan fingerprint density at radius 1 is 0.833 bits per heavy atom. The number of pyridine rings is 1. The van der Waals surface area contributed by atoms with Gasteiger partial charge in [-0.05, 0) is 81.0 Å². The first-order chi connectivity index (χ1) is 20.5. The second kappa shape index (κ2) is 11.4. The third-order valence-corrected chi connectivity index (χ3v) is 10.7. The van der Waals surface area contributed by atoms with Crippen LogP contribution < -0.4 is 11.1 Å². The number of hydrogen-bond acceptors (Lipinski definition) is 6. The first kappa shape index (κ1) is 27.6. The summed E-state index contributed by atoms with van der Waals surface area (Å²) in [5, 5.41) is 0. The molecular formula is C34H42N4O4. The Bertz CT molecular complexity index is 1570. The van der Waals surface area contributed by atoms with Crippen LogP contribution in [0.2, 0.25) is 0 Å². The second-order valence-electron chi connectivity index (χ2n) is 13.2. The smallest absolute Gasteiger partial charge is 0.307 e. The molecule has 3 aromatic rings. The number of methoxy groups -OCH3 is 1. The van der Waals surface area contributed by atoms with Crippen LogP contribution in [0.25, 0.3) is 22.3 Å². The molecule has 1 aromatic carbocycles. The number of piperidine rings is 2. The minimum absolute atomic E-state index is 0.0732. The number of carbonyl (C=O) groups excluding carboxylic acids is 1. The Morgan fingerprint density at radius 3 is 2.29 bits per heavy atom. The van der Waals surface area contributed by atoms with E-state index in [2.05, 4.69) is 4.90 Å². The standard InChI is InChI=1S/C34H42N4O4/c1-42-31(39)14-16-36-15-6-11-28(33(36)40)32-34(41)38(30-13-3-2-12-29(30)35-32)27-20-24-9-5-10-25(21-27)37(24)26-18-22-7-4-8-23(17-22)19-26/h2-3,6,11-13,15,22-27H,4-5,7-10,14,16-21H2,1H3/t22-,23+,24-,25+,26?,27?. The van der Waals surface area contributed by atoms with Gasteiger partial charge in [-0.2, -0.15) is 0 Å². The third kappa shape index (κ3) is 5.01. The highest BCUT2D eigenvalue weighted by molar-refractivity contribution is 5.78. The molecule has 0 amide bonds. The molecule has 222 valence electrons. The van der Waals surface area contributed by atoms with Crippen LogP contribution in [0.1, 0.15) is 83.1 Å². The maximum absolute atomic E-state index is 14.4. The summed E-state index contributed by atoms with van der Waals surface area (Å²) in [6, 6.07) is 13.0. The van der Waals surface area contributed by atoms with Gasteiger partial charge in [-0.1, -0.05) is 37.8 Å². The molecular weight excluding hydrogens is 528 g/mol. The van der Waals surface area contributed by atoms with Crippen molar-refractivity contribution in [3.8, 4) is 11.3 Å². The second-order valence-corrected chi connectivity index (χ2v) is 13.2. The van der Waals surface area contributed by atoms with Crippen molar-refractivity contribution in [1.29, 1.82) is 0 Å². The van der Waals surface area contributed by atoms with Gasteiger partial charge in [0.05, 0.1) is 30.1 Å². The predicted octanol–water partition coefficient (Wildman–Crippen LogP) is 5.32. The van der Waals surface area contributed by atoms with Crippen LogP contribution in [-0.2, 0) is 16.1 Å². The molecule has 2 unspecified atom stereocenters. The lowest BCUT2D eigenvalue weighted by molar-refractivity contribution is -0.140. The number of carbonyl (C=O) groups is 1. The lowest BCUT2D eigenvalue weighted by Gasteiger charge is -2.55. The Labute approximate surface area is 246 Å². The number of benzene rings is 1. The largest absolute Gasteiger partial charge is 0.469 e. The molecule has 4 fully saturated rings. The summed E-state index contributed by atoms with van der Waals surface area (Å²) in [6.45, 7) is 0.186. The predicted molar refractivity (Wildman–Crippen MR) is 162 cm³/mol. The highest BCUT2D eigenvalue weighted by Crippen LogP contribution is 2.47. The maximum Gasteiger partial charge on any atom is 0.307 e.